The van der Waals surface area contributed by atoms with Crippen molar-refractivity contribution in [1.29, 1.82) is 0 Å². The third-order valence-electron chi connectivity index (χ3n) is 4.31. The average molecular weight is 352 g/mol. The number of hydrogen-bond acceptors (Lipinski definition) is 4. The van der Waals surface area contributed by atoms with Gasteiger partial charge in [-0.2, -0.15) is 0 Å². The van der Waals surface area contributed by atoms with Gasteiger partial charge in [-0.25, -0.2) is 8.42 Å². The second kappa shape index (κ2) is 7.79. The van der Waals surface area contributed by atoms with Gasteiger partial charge in [-0.15, -0.1) is 0 Å². The second-order valence-electron chi connectivity index (χ2n) is 6.22. The van der Waals surface area contributed by atoms with Crippen molar-refractivity contribution in [2.24, 2.45) is 0 Å². The Bertz CT molecular complexity index is 688. The standard InChI is InChI=1S/C17H24N2O4S/c1-13(15-6-4-3-5-7-15)18-17(21)8-10-19(14(2)20)16-9-11-24(22,23)12-16/h3-7,13,16H,8-12H2,1-2H3,(H,18,21). The average Bonchev–Trinajstić information content (AvgIpc) is 2.87. The van der Waals surface area contributed by atoms with E-state index in [1.165, 1.54) is 11.8 Å². The lowest BCUT2D eigenvalue weighted by Crippen LogP contribution is -2.42. The van der Waals surface area contributed by atoms with E-state index in [0.29, 0.717) is 6.42 Å². The van der Waals surface area contributed by atoms with Gasteiger partial charge in [-0.1, -0.05) is 30.3 Å². The van der Waals surface area contributed by atoms with Crippen LogP contribution in [-0.4, -0.2) is 49.2 Å². The molecule has 1 aliphatic heterocycles. The molecule has 1 heterocycles. The summed E-state index contributed by atoms with van der Waals surface area (Å²) in [6.07, 6.45) is 0.608. The molecule has 24 heavy (non-hydrogen) atoms. The summed E-state index contributed by atoms with van der Waals surface area (Å²) < 4.78 is 23.2. The Morgan fingerprint density at radius 2 is 1.96 bits per heavy atom. The number of nitrogens with one attached hydrogen (secondary N) is 1. The molecule has 1 fully saturated rings. The van der Waals surface area contributed by atoms with Crippen molar-refractivity contribution in [2.75, 3.05) is 18.1 Å². The molecule has 2 atom stereocenters. The van der Waals surface area contributed by atoms with E-state index in [-0.39, 0.29) is 48.4 Å². The number of sulfone groups is 1. The van der Waals surface area contributed by atoms with Gasteiger partial charge in [0.15, 0.2) is 9.84 Å². The van der Waals surface area contributed by atoms with E-state index in [4.69, 9.17) is 0 Å². The smallest absolute Gasteiger partial charge is 0.222 e. The third kappa shape index (κ3) is 5.06. The first kappa shape index (κ1) is 18.4. The SMILES string of the molecule is CC(=O)N(CCC(=O)NC(C)c1ccccc1)C1CCS(=O)(=O)C1. The molecule has 0 aliphatic carbocycles. The van der Waals surface area contributed by atoms with E-state index < -0.39 is 9.84 Å². The fourth-order valence-corrected chi connectivity index (χ4v) is 4.71. The van der Waals surface area contributed by atoms with Gasteiger partial charge in [-0.05, 0) is 18.9 Å². The van der Waals surface area contributed by atoms with E-state index in [1.54, 1.807) is 0 Å². The van der Waals surface area contributed by atoms with Crippen LogP contribution in [0.15, 0.2) is 30.3 Å². The maximum absolute atomic E-state index is 12.1. The number of hydrogen-bond donors (Lipinski definition) is 1. The number of benzene rings is 1. The van der Waals surface area contributed by atoms with Crippen LogP contribution in [0, 0.1) is 0 Å². The maximum atomic E-state index is 12.1. The van der Waals surface area contributed by atoms with Crippen molar-refractivity contribution < 1.29 is 18.0 Å². The predicted octanol–water partition coefficient (Wildman–Crippen LogP) is 1.29. The van der Waals surface area contributed by atoms with E-state index in [1.807, 2.05) is 37.3 Å². The van der Waals surface area contributed by atoms with Crippen LogP contribution in [0.2, 0.25) is 0 Å². The van der Waals surface area contributed by atoms with Gasteiger partial charge in [0, 0.05) is 25.9 Å². The monoisotopic (exact) mass is 352 g/mol. The lowest BCUT2D eigenvalue weighted by Gasteiger charge is -2.27. The van der Waals surface area contributed by atoms with Crippen LogP contribution in [0.5, 0.6) is 0 Å². The quantitative estimate of drug-likeness (QED) is 0.836. The van der Waals surface area contributed by atoms with Crippen molar-refractivity contribution in [3.05, 3.63) is 35.9 Å². The van der Waals surface area contributed by atoms with E-state index >= 15 is 0 Å². The van der Waals surface area contributed by atoms with Crippen LogP contribution in [0.25, 0.3) is 0 Å². The zero-order chi connectivity index (χ0) is 17.7. The van der Waals surface area contributed by atoms with Crippen LogP contribution in [-0.2, 0) is 19.4 Å². The van der Waals surface area contributed by atoms with E-state index in [0.717, 1.165) is 5.56 Å². The van der Waals surface area contributed by atoms with Gasteiger partial charge < -0.3 is 10.2 Å². The van der Waals surface area contributed by atoms with Gasteiger partial charge in [0.2, 0.25) is 11.8 Å². The van der Waals surface area contributed by atoms with Crippen molar-refractivity contribution in [1.82, 2.24) is 10.2 Å². The Labute approximate surface area is 143 Å². The Balaban J connectivity index is 1.88. The molecule has 0 saturated carbocycles. The summed E-state index contributed by atoms with van der Waals surface area (Å²) in [5.74, 6) is -0.243. The molecule has 0 radical (unpaired) electrons. The summed E-state index contributed by atoms with van der Waals surface area (Å²) in [5, 5.41) is 2.90. The highest BCUT2D eigenvalue weighted by Crippen LogP contribution is 2.18. The molecule has 2 unspecified atom stereocenters. The summed E-state index contributed by atoms with van der Waals surface area (Å²) in [4.78, 5) is 25.4. The molecule has 1 saturated heterocycles. The molecular weight excluding hydrogens is 328 g/mol. The minimum absolute atomic E-state index is 0.00534. The molecule has 1 N–H and O–H groups in total. The van der Waals surface area contributed by atoms with Crippen LogP contribution >= 0.6 is 0 Å². The molecule has 2 amide bonds. The Kier molecular flexibility index (Phi) is 5.99. The summed E-state index contributed by atoms with van der Waals surface area (Å²) >= 11 is 0. The maximum Gasteiger partial charge on any atom is 0.222 e. The summed E-state index contributed by atoms with van der Waals surface area (Å²) in [7, 11) is -3.06. The number of carbonyl (C=O) groups excluding carboxylic acids is 2. The molecule has 0 spiro atoms. The number of amides is 2. The highest BCUT2D eigenvalue weighted by molar-refractivity contribution is 7.91. The Morgan fingerprint density at radius 3 is 2.50 bits per heavy atom. The van der Waals surface area contributed by atoms with Gasteiger partial charge in [0.25, 0.3) is 0 Å². The molecule has 2 rings (SSSR count). The molecule has 132 valence electrons. The Hall–Kier alpha value is -1.89. The number of carbonyl (C=O) groups is 2. The molecule has 6 nitrogen and oxygen atoms in total. The first-order chi connectivity index (χ1) is 11.3. The van der Waals surface area contributed by atoms with Crippen molar-refractivity contribution in [2.45, 2.75) is 38.8 Å². The molecule has 1 aromatic rings. The minimum Gasteiger partial charge on any atom is -0.350 e. The third-order valence-corrected chi connectivity index (χ3v) is 6.06. The predicted molar refractivity (Wildman–Crippen MR) is 92.1 cm³/mol. The minimum atomic E-state index is -3.06. The van der Waals surface area contributed by atoms with Crippen molar-refractivity contribution >= 4 is 21.7 Å². The van der Waals surface area contributed by atoms with Crippen LogP contribution in [0.4, 0.5) is 0 Å². The van der Waals surface area contributed by atoms with Gasteiger partial charge in [-0.3, -0.25) is 9.59 Å². The van der Waals surface area contributed by atoms with Gasteiger partial charge in [0.1, 0.15) is 0 Å². The lowest BCUT2D eigenvalue weighted by molar-refractivity contribution is -0.131. The van der Waals surface area contributed by atoms with Crippen LogP contribution in [0.3, 0.4) is 0 Å². The zero-order valence-corrected chi connectivity index (χ0v) is 14.9. The molecular formula is C17H24N2O4S. The lowest BCUT2D eigenvalue weighted by atomic mass is 10.1. The summed E-state index contributed by atoms with van der Waals surface area (Å²) in [6.45, 7) is 3.55. The normalized spacial score (nSPS) is 20.3. The van der Waals surface area contributed by atoms with Gasteiger partial charge in [0.05, 0.1) is 17.5 Å². The summed E-state index contributed by atoms with van der Waals surface area (Å²) in [5.41, 5.74) is 1.01. The molecule has 1 aliphatic rings. The van der Waals surface area contributed by atoms with E-state index in [2.05, 4.69) is 5.32 Å². The Morgan fingerprint density at radius 1 is 1.29 bits per heavy atom. The second-order valence-corrected chi connectivity index (χ2v) is 8.45. The number of rotatable bonds is 6. The van der Waals surface area contributed by atoms with Crippen molar-refractivity contribution in [3.63, 3.8) is 0 Å². The number of nitrogens with zero attached hydrogens (tertiary/aromatic N) is 1. The largest absolute Gasteiger partial charge is 0.350 e. The molecule has 1 aromatic carbocycles. The fraction of sp³-hybridized carbons (Fsp3) is 0.529. The van der Waals surface area contributed by atoms with Crippen molar-refractivity contribution in [3.8, 4) is 0 Å². The fourth-order valence-electron chi connectivity index (χ4n) is 2.98. The highest BCUT2D eigenvalue weighted by atomic mass is 32.2. The zero-order valence-electron chi connectivity index (χ0n) is 14.1. The molecule has 0 aromatic heterocycles. The summed E-state index contributed by atoms with van der Waals surface area (Å²) in [6, 6.07) is 9.19. The highest BCUT2D eigenvalue weighted by Gasteiger charge is 2.33. The first-order valence-electron chi connectivity index (χ1n) is 8.10. The van der Waals surface area contributed by atoms with Gasteiger partial charge >= 0.3 is 0 Å². The topological polar surface area (TPSA) is 83.6 Å². The van der Waals surface area contributed by atoms with Crippen LogP contribution < -0.4 is 5.32 Å². The van der Waals surface area contributed by atoms with E-state index in [9.17, 15) is 18.0 Å². The molecule has 0 bridgehead atoms. The van der Waals surface area contributed by atoms with Crippen LogP contribution in [0.1, 0.15) is 38.3 Å². The first-order valence-corrected chi connectivity index (χ1v) is 9.92. The molecule has 7 heteroatoms.